The van der Waals surface area contributed by atoms with E-state index in [4.69, 9.17) is 14.2 Å². The van der Waals surface area contributed by atoms with E-state index in [-0.39, 0.29) is 12.1 Å². The fourth-order valence-electron chi connectivity index (χ4n) is 5.48. The van der Waals surface area contributed by atoms with Crippen LogP contribution in [0.15, 0.2) is 30.3 Å². The number of rotatable bonds is 5. The Labute approximate surface area is 188 Å². The molecule has 0 unspecified atom stereocenters. The molecule has 0 aromatic heterocycles. The predicted molar refractivity (Wildman–Crippen MR) is 125 cm³/mol. The summed E-state index contributed by atoms with van der Waals surface area (Å²) in [6, 6.07) is 9.84. The third kappa shape index (κ3) is 3.37. The first kappa shape index (κ1) is 21.3. The normalized spacial score (nSPS) is 20.9. The third-order valence-electron chi connectivity index (χ3n) is 6.79. The van der Waals surface area contributed by atoms with E-state index in [1.165, 1.54) is 6.26 Å². The predicted octanol–water partition coefficient (Wildman–Crippen LogP) is 3.59. The number of ether oxygens (including phenoxy) is 3. The first-order valence-electron chi connectivity index (χ1n) is 10.7. The van der Waals surface area contributed by atoms with E-state index in [0.717, 1.165) is 64.4 Å². The maximum atomic E-state index is 12.4. The fraction of sp³-hybridized carbons (Fsp3) is 0.417. The van der Waals surface area contributed by atoms with Gasteiger partial charge in [0.25, 0.3) is 0 Å². The average molecular weight is 457 g/mol. The molecule has 0 saturated carbocycles. The van der Waals surface area contributed by atoms with Crippen LogP contribution in [0.1, 0.15) is 30.0 Å². The Kier molecular flexibility index (Phi) is 5.19. The smallest absolute Gasteiger partial charge is 0.209 e. The summed E-state index contributed by atoms with van der Waals surface area (Å²) < 4.78 is 44.5. The third-order valence-corrected chi connectivity index (χ3v) is 7.48. The van der Waals surface area contributed by atoms with Crippen molar-refractivity contribution in [2.75, 3.05) is 34.1 Å². The van der Waals surface area contributed by atoms with Crippen molar-refractivity contribution in [2.24, 2.45) is 0 Å². The summed E-state index contributed by atoms with van der Waals surface area (Å²) in [7, 11) is 1.48. The molecular formula is C24H28N2O5S. The molecule has 8 heteroatoms. The Morgan fingerprint density at radius 2 is 1.62 bits per heavy atom. The van der Waals surface area contributed by atoms with Crippen molar-refractivity contribution in [3.05, 3.63) is 41.5 Å². The zero-order valence-corrected chi connectivity index (χ0v) is 19.6. The monoisotopic (exact) mass is 456 g/mol. The summed E-state index contributed by atoms with van der Waals surface area (Å²) in [4.78, 5) is 2.40. The summed E-state index contributed by atoms with van der Waals surface area (Å²) in [6.07, 6.45) is 3.25. The fourth-order valence-corrected chi connectivity index (χ4v) is 6.22. The molecule has 7 nitrogen and oxygen atoms in total. The van der Waals surface area contributed by atoms with Crippen molar-refractivity contribution >= 4 is 31.6 Å². The van der Waals surface area contributed by atoms with Gasteiger partial charge in [-0.05, 0) is 76.3 Å². The molecule has 32 heavy (non-hydrogen) atoms. The Morgan fingerprint density at radius 1 is 0.938 bits per heavy atom. The SMILES string of the molecule is COc1ccc2c3c(c4cc(OC)c(OC)cc4c2c1)[C@H](NS(C)(=O)=O)[C@@H]1CCCN1C3. The van der Waals surface area contributed by atoms with Crippen LogP contribution >= 0.6 is 0 Å². The summed E-state index contributed by atoms with van der Waals surface area (Å²) in [5.41, 5.74) is 2.19. The minimum absolute atomic E-state index is 0.129. The van der Waals surface area contributed by atoms with E-state index in [0.29, 0.717) is 11.5 Å². The summed E-state index contributed by atoms with van der Waals surface area (Å²) in [6.45, 7) is 1.75. The lowest BCUT2D eigenvalue weighted by Crippen LogP contribution is -2.46. The van der Waals surface area contributed by atoms with Gasteiger partial charge in [0.15, 0.2) is 11.5 Å². The van der Waals surface area contributed by atoms with Crippen molar-refractivity contribution in [3.8, 4) is 17.2 Å². The zero-order chi connectivity index (χ0) is 22.6. The summed E-state index contributed by atoms with van der Waals surface area (Å²) in [5, 5.41) is 4.12. The van der Waals surface area contributed by atoms with E-state index in [2.05, 4.69) is 15.7 Å². The second-order valence-electron chi connectivity index (χ2n) is 8.60. The maximum Gasteiger partial charge on any atom is 0.209 e. The van der Waals surface area contributed by atoms with Gasteiger partial charge in [0, 0.05) is 12.6 Å². The lowest BCUT2D eigenvalue weighted by molar-refractivity contribution is 0.192. The van der Waals surface area contributed by atoms with Gasteiger partial charge in [-0.2, -0.15) is 0 Å². The standard InChI is InChI=1S/C24H28N2O5S/c1-29-14-7-8-15-16(10-14)17-11-21(30-2)22(31-3)12-18(17)23-19(15)13-26-9-5-6-20(26)24(23)25-32(4,27)28/h7-8,10-12,20,24-25H,5-6,9,13H2,1-4H3/t20-,24+/m0/s1. The largest absolute Gasteiger partial charge is 0.497 e. The Bertz CT molecular complexity index is 1320. The van der Waals surface area contributed by atoms with Gasteiger partial charge in [-0.1, -0.05) is 6.07 Å². The molecule has 2 aliphatic heterocycles. The molecule has 1 fully saturated rings. The van der Waals surface area contributed by atoms with Crippen LogP contribution in [0.4, 0.5) is 0 Å². The van der Waals surface area contributed by atoms with Gasteiger partial charge in [0.1, 0.15) is 5.75 Å². The van der Waals surface area contributed by atoms with Crippen molar-refractivity contribution in [3.63, 3.8) is 0 Å². The van der Waals surface area contributed by atoms with Crippen LogP contribution in [0.25, 0.3) is 21.5 Å². The van der Waals surface area contributed by atoms with Crippen LogP contribution in [-0.2, 0) is 16.6 Å². The van der Waals surface area contributed by atoms with E-state index in [9.17, 15) is 8.42 Å². The highest BCUT2D eigenvalue weighted by Crippen LogP contribution is 2.47. The summed E-state index contributed by atoms with van der Waals surface area (Å²) >= 11 is 0. The molecule has 1 saturated heterocycles. The minimum Gasteiger partial charge on any atom is -0.497 e. The maximum absolute atomic E-state index is 12.4. The molecule has 0 radical (unpaired) electrons. The molecule has 170 valence electrons. The van der Waals surface area contributed by atoms with Crippen molar-refractivity contribution < 1.29 is 22.6 Å². The van der Waals surface area contributed by atoms with Crippen LogP contribution < -0.4 is 18.9 Å². The van der Waals surface area contributed by atoms with Crippen molar-refractivity contribution in [1.82, 2.24) is 9.62 Å². The molecule has 1 N–H and O–H groups in total. The molecule has 0 bridgehead atoms. The Morgan fingerprint density at radius 3 is 2.28 bits per heavy atom. The lowest BCUT2D eigenvalue weighted by Gasteiger charge is -2.40. The van der Waals surface area contributed by atoms with Gasteiger partial charge < -0.3 is 14.2 Å². The molecule has 0 aliphatic carbocycles. The number of nitrogens with zero attached hydrogens (tertiary/aromatic N) is 1. The topological polar surface area (TPSA) is 77.1 Å². The number of benzene rings is 3. The van der Waals surface area contributed by atoms with Crippen LogP contribution in [-0.4, -0.2) is 53.5 Å². The van der Waals surface area contributed by atoms with Crippen LogP contribution in [0.2, 0.25) is 0 Å². The second kappa shape index (κ2) is 7.79. The van der Waals surface area contributed by atoms with E-state index in [1.54, 1.807) is 21.3 Å². The van der Waals surface area contributed by atoms with Crippen molar-refractivity contribution in [1.29, 1.82) is 0 Å². The molecule has 3 aromatic carbocycles. The van der Waals surface area contributed by atoms with E-state index >= 15 is 0 Å². The lowest BCUT2D eigenvalue weighted by atomic mass is 9.82. The molecule has 2 aliphatic rings. The van der Waals surface area contributed by atoms with Crippen LogP contribution in [0.5, 0.6) is 17.2 Å². The van der Waals surface area contributed by atoms with Gasteiger partial charge in [0.2, 0.25) is 10.0 Å². The van der Waals surface area contributed by atoms with Crippen molar-refractivity contribution in [2.45, 2.75) is 31.5 Å². The second-order valence-corrected chi connectivity index (χ2v) is 10.4. The number of methoxy groups -OCH3 is 3. The average Bonchev–Trinajstić information content (AvgIpc) is 3.25. The minimum atomic E-state index is -3.42. The van der Waals surface area contributed by atoms with Gasteiger partial charge in [-0.3, -0.25) is 4.90 Å². The summed E-state index contributed by atoms with van der Waals surface area (Å²) in [5.74, 6) is 2.03. The first-order valence-corrected chi connectivity index (χ1v) is 12.6. The number of sulfonamides is 1. The van der Waals surface area contributed by atoms with Gasteiger partial charge >= 0.3 is 0 Å². The quantitative estimate of drug-likeness (QED) is 0.592. The molecule has 5 rings (SSSR count). The van der Waals surface area contributed by atoms with Crippen LogP contribution in [0, 0.1) is 0 Å². The van der Waals surface area contributed by atoms with E-state index in [1.807, 2.05) is 24.3 Å². The zero-order valence-electron chi connectivity index (χ0n) is 18.8. The highest BCUT2D eigenvalue weighted by atomic mass is 32.2. The van der Waals surface area contributed by atoms with Gasteiger partial charge in [-0.15, -0.1) is 0 Å². The molecule has 0 amide bonds. The number of hydrogen-bond donors (Lipinski definition) is 1. The number of hydrogen-bond acceptors (Lipinski definition) is 6. The molecule has 2 atom stereocenters. The Hall–Kier alpha value is -2.55. The molecule has 0 spiro atoms. The molecule has 3 aromatic rings. The van der Waals surface area contributed by atoms with E-state index < -0.39 is 10.0 Å². The van der Waals surface area contributed by atoms with Crippen LogP contribution in [0.3, 0.4) is 0 Å². The Balaban J connectivity index is 1.92. The molecule has 2 heterocycles. The highest BCUT2D eigenvalue weighted by molar-refractivity contribution is 7.88. The molecular weight excluding hydrogens is 428 g/mol. The number of nitrogens with one attached hydrogen (secondary N) is 1. The van der Waals surface area contributed by atoms with Gasteiger partial charge in [0.05, 0.1) is 33.6 Å². The van der Waals surface area contributed by atoms with Gasteiger partial charge in [-0.25, -0.2) is 13.1 Å². The number of fused-ring (bicyclic) bond motifs is 7. The first-order chi connectivity index (χ1) is 15.3. The highest BCUT2D eigenvalue weighted by Gasteiger charge is 2.41.